The predicted octanol–water partition coefficient (Wildman–Crippen LogP) is 1.80. The molecule has 0 spiro atoms. The second-order valence-electron chi connectivity index (χ2n) is 3.25. The number of allylic oxidation sites excluding steroid dienone is 1. The minimum atomic E-state index is 0.0987. The van der Waals surface area contributed by atoms with Gasteiger partial charge in [0.1, 0.15) is 5.75 Å². The van der Waals surface area contributed by atoms with Crippen LogP contribution in [0.5, 0.6) is 5.75 Å². The van der Waals surface area contributed by atoms with Crippen molar-refractivity contribution in [3.05, 3.63) is 48.2 Å². The Labute approximate surface area is 96.1 Å². The van der Waals surface area contributed by atoms with Crippen molar-refractivity contribution in [3.63, 3.8) is 0 Å². The van der Waals surface area contributed by atoms with Crippen LogP contribution in [0.2, 0.25) is 0 Å². The Kier molecular flexibility index (Phi) is 5.16. The van der Waals surface area contributed by atoms with Gasteiger partial charge in [0.25, 0.3) is 0 Å². The van der Waals surface area contributed by atoms with Crippen LogP contribution in [0.4, 0.5) is 0 Å². The van der Waals surface area contributed by atoms with E-state index < -0.39 is 0 Å². The van der Waals surface area contributed by atoms with E-state index in [1.165, 1.54) is 0 Å². The summed E-state index contributed by atoms with van der Waals surface area (Å²) in [6.45, 7) is 4.42. The molecule has 0 saturated heterocycles. The van der Waals surface area contributed by atoms with Gasteiger partial charge in [-0.2, -0.15) is 0 Å². The Bertz CT molecular complexity index is 372. The average molecular weight is 219 g/mol. The lowest BCUT2D eigenvalue weighted by atomic mass is 10.2. The summed E-state index contributed by atoms with van der Waals surface area (Å²) in [6, 6.07) is 7.75. The number of ether oxygens (including phenoxy) is 1. The van der Waals surface area contributed by atoms with E-state index in [0.29, 0.717) is 6.54 Å². The second kappa shape index (κ2) is 6.69. The molecule has 86 valence electrons. The normalized spacial score (nSPS) is 10.4. The van der Waals surface area contributed by atoms with Gasteiger partial charge >= 0.3 is 0 Å². The molecule has 0 amide bonds. The minimum absolute atomic E-state index is 0.0987. The fourth-order valence-corrected chi connectivity index (χ4v) is 1.27. The Balaban J connectivity index is 2.64. The maximum absolute atomic E-state index is 8.63. The van der Waals surface area contributed by atoms with Gasteiger partial charge in [-0.25, -0.2) is 0 Å². The van der Waals surface area contributed by atoms with Crippen molar-refractivity contribution in [2.75, 3.05) is 20.3 Å². The van der Waals surface area contributed by atoms with Crippen molar-refractivity contribution in [1.82, 2.24) is 5.32 Å². The van der Waals surface area contributed by atoms with Crippen LogP contribution in [0.1, 0.15) is 5.56 Å². The Morgan fingerprint density at radius 1 is 1.50 bits per heavy atom. The molecule has 0 heterocycles. The zero-order valence-corrected chi connectivity index (χ0v) is 9.44. The van der Waals surface area contributed by atoms with Crippen LogP contribution in [0, 0.1) is 0 Å². The number of rotatable bonds is 6. The highest BCUT2D eigenvalue weighted by atomic mass is 16.5. The van der Waals surface area contributed by atoms with Crippen molar-refractivity contribution in [3.8, 4) is 5.75 Å². The third-order valence-electron chi connectivity index (χ3n) is 2.07. The number of hydrogen-bond acceptors (Lipinski definition) is 3. The van der Waals surface area contributed by atoms with Gasteiger partial charge in [0.2, 0.25) is 0 Å². The Morgan fingerprint density at radius 3 is 2.94 bits per heavy atom. The summed E-state index contributed by atoms with van der Waals surface area (Å²) < 4.78 is 5.22. The molecule has 0 saturated carbocycles. The molecule has 1 aromatic rings. The van der Waals surface area contributed by atoms with E-state index in [4.69, 9.17) is 9.84 Å². The van der Waals surface area contributed by atoms with Crippen molar-refractivity contribution >= 4 is 6.08 Å². The number of methoxy groups -OCH3 is 1. The van der Waals surface area contributed by atoms with Gasteiger partial charge in [-0.3, -0.25) is 0 Å². The molecule has 0 fully saturated rings. The van der Waals surface area contributed by atoms with Gasteiger partial charge in [-0.15, -0.1) is 0 Å². The van der Waals surface area contributed by atoms with Crippen LogP contribution >= 0.6 is 0 Å². The van der Waals surface area contributed by atoms with Crippen LogP contribution in [0.25, 0.3) is 6.08 Å². The summed E-state index contributed by atoms with van der Waals surface area (Å²) in [4.78, 5) is 0. The number of hydrogen-bond donors (Lipinski definition) is 2. The summed E-state index contributed by atoms with van der Waals surface area (Å²) in [5.41, 5.74) is 1.76. The molecular formula is C13H17NO2. The van der Waals surface area contributed by atoms with E-state index in [1.54, 1.807) is 7.11 Å². The molecule has 2 N–H and O–H groups in total. The first-order valence-electron chi connectivity index (χ1n) is 5.12. The molecule has 3 heteroatoms. The number of para-hydroxylation sites is 1. The van der Waals surface area contributed by atoms with Crippen molar-refractivity contribution in [1.29, 1.82) is 0 Å². The van der Waals surface area contributed by atoms with Gasteiger partial charge in [0.15, 0.2) is 0 Å². The second-order valence-corrected chi connectivity index (χ2v) is 3.25. The van der Waals surface area contributed by atoms with Gasteiger partial charge < -0.3 is 15.2 Å². The third-order valence-corrected chi connectivity index (χ3v) is 2.07. The topological polar surface area (TPSA) is 41.5 Å². The Morgan fingerprint density at radius 2 is 2.25 bits per heavy atom. The van der Waals surface area contributed by atoms with Crippen LogP contribution in [0.3, 0.4) is 0 Å². The molecule has 1 aromatic carbocycles. The summed E-state index contributed by atoms with van der Waals surface area (Å²) in [6.07, 6.45) is 3.78. The summed E-state index contributed by atoms with van der Waals surface area (Å²) in [5, 5.41) is 11.6. The molecule has 0 bridgehead atoms. The first kappa shape index (κ1) is 12.3. The van der Waals surface area contributed by atoms with Gasteiger partial charge in [0.05, 0.1) is 13.7 Å². The average Bonchev–Trinajstić information content (AvgIpc) is 2.34. The highest BCUT2D eigenvalue weighted by Gasteiger charge is 1.96. The fourth-order valence-electron chi connectivity index (χ4n) is 1.27. The molecule has 16 heavy (non-hydrogen) atoms. The monoisotopic (exact) mass is 219 g/mol. The van der Waals surface area contributed by atoms with Gasteiger partial charge in [-0.1, -0.05) is 24.8 Å². The maximum Gasteiger partial charge on any atom is 0.126 e. The van der Waals surface area contributed by atoms with E-state index in [9.17, 15) is 0 Å². The van der Waals surface area contributed by atoms with Crippen LogP contribution in [0.15, 0.2) is 42.6 Å². The van der Waals surface area contributed by atoms with E-state index in [0.717, 1.165) is 17.0 Å². The predicted molar refractivity (Wildman–Crippen MR) is 66.3 cm³/mol. The molecular weight excluding hydrogens is 202 g/mol. The lowest BCUT2D eigenvalue weighted by molar-refractivity contribution is 0.297. The van der Waals surface area contributed by atoms with Crippen LogP contribution in [-0.2, 0) is 0 Å². The van der Waals surface area contributed by atoms with Crippen molar-refractivity contribution in [2.24, 2.45) is 0 Å². The SMILES string of the molecule is C=C(/C=C/c1ccccc1OC)NCCO. The zero-order chi connectivity index (χ0) is 11.8. The molecule has 0 unspecified atom stereocenters. The smallest absolute Gasteiger partial charge is 0.126 e. The summed E-state index contributed by atoms with van der Waals surface area (Å²) in [7, 11) is 1.64. The highest BCUT2D eigenvalue weighted by Crippen LogP contribution is 2.18. The van der Waals surface area contributed by atoms with E-state index in [1.807, 2.05) is 36.4 Å². The molecule has 0 aliphatic heterocycles. The van der Waals surface area contributed by atoms with Crippen molar-refractivity contribution < 1.29 is 9.84 Å². The molecule has 1 rings (SSSR count). The van der Waals surface area contributed by atoms with Gasteiger partial charge in [0, 0.05) is 17.8 Å². The molecule has 3 nitrogen and oxygen atoms in total. The van der Waals surface area contributed by atoms with E-state index in [-0.39, 0.29) is 6.61 Å². The molecule has 0 atom stereocenters. The minimum Gasteiger partial charge on any atom is -0.496 e. The molecule has 0 aliphatic carbocycles. The van der Waals surface area contributed by atoms with Crippen molar-refractivity contribution in [2.45, 2.75) is 0 Å². The van der Waals surface area contributed by atoms with E-state index in [2.05, 4.69) is 11.9 Å². The molecule has 0 aromatic heterocycles. The number of benzene rings is 1. The zero-order valence-electron chi connectivity index (χ0n) is 9.44. The number of aliphatic hydroxyl groups is 1. The fraction of sp³-hybridized carbons (Fsp3) is 0.231. The standard InChI is InChI=1S/C13H17NO2/c1-11(14-9-10-15)7-8-12-5-3-4-6-13(12)16-2/h3-8,14-15H,1,9-10H2,2H3/b8-7+. The molecule has 0 radical (unpaired) electrons. The van der Waals surface area contributed by atoms with Gasteiger partial charge in [-0.05, 0) is 18.2 Å². The van der Waals surface area contributed by atoms with Crippen LogP contribution in [-0.4, -0.2) is 25.4 Å². The van der Waals surface area contributed by atoms with E-state index >= 15 is 0 Å². The Hall–Kier alpha value is -1.74. The quantitative estimate of drug-likeness (QED) is 0.717. The summed E-state index contributed by atoms with van der Waals surface area (Å²) >= 11 is 0. The number of aliphatic hydroxyl groups excluding tert-OH is 1. The first-order valence-corrected chi connectivity index (χ1v) is 5.12. The highest BCUT2D eigenvalue weighted by molar-refractivity contribution is 5.59. The first-order chi connectivity index (χ1) is 7.77. The maximum atomic E-state index is 8.63. The lowest BCUT2D eigenvalue weighted by Crippen LogP contribution is -2.15. The van der Waals surface area contributed by atoms with Crippen LogP contribution < -0.4 is 10.1 Å². The number of nitrogens with one attached hydrogen (secondary N) is 1. The largest absolute Gasteiger partial charge is 0.496 e. The molecule has 0 aliphatic rings. The third kappa shape index (κ3) is 3.79. The summed E-state index contributed by atoms with van der Waals surface area (Å²) in [5.74, 6) is 0.828. The lowest BCUT2D eigenvalue weighted by Gasteiger charge is -2.05.